The summed E-state index contributed by atoms with van der Waals surface area (Å²) in [5.41, 5.74) is 10.9. The Morgan fingerprint density at radius 1 is 0.350 bits per heavy atom. The maximum Gasteiger partial charge on any atom is 0.201 e. The molecule has 0 aliphatic rings. The van der Waals surface area contributed by atoms with Gasteiger partial charge in [0.15, 0.2) is 0 Å². The first-order chi connectivity index (χ1) is 29.7. The minimum absolute atomic E-state index is 0.620. The van der Waals surface area contributed by atoms with Crippen LogP contribution in [0.2, 0.25) is 0 Å². The van der Waals surface area contributed by atoms with Crippen LogP contribution in [0.25, 0.3) is 56.1 Å². The van der Waals surface area contributed by atoms with Gasteiger partial charge in [0.2, 0.25) is 10.3 Å². The lowest BCUT2D eigenvalue weighted by molar-refractivity contribution is 0.799. The van der Waals surface area contributed by atoms with Crippen molar-refractivity contribution in [1.29, 1.82) is 0 Å². The average Bonchev–Trinajstić information content (AvgIpc) is 3.89. The van der Waals surface area contributed by atoms with Crippen molar-refractivity contribution in [2.75, 3.05) is 0 Å². The van der Waals surface area contributed by atoms with E-state index < -0.39 is 0 Å². The fraction of sp³-hybridized carbons (Fsp3) is 0. The van der Waals surface area contributed by atoms with Crippen LogP contribution in [0.4, 0.5) is 22.7 Å². The summed E-state index contributed by atoms with van der Waals surface area (Å²) in [5.74, 6) is 0. The predicted molar refractivity (Wildman–Crippen MR) is 241 cm³/mol. The molecule has 10 rings (SSSR count). The number of hydrogen-bond donors (Lipinski definition) is 0. The molecular formula is C48H32N10S2. The van der Waals surface area contributed by atoms with Crippen molar-refractivity contribution in [3.8, 4) is 45.0 Å². The van der Waals surface area contributed by atoms with Crippen molar-refractivity contribution in [2.45, 2.75) is 10.3 Å². The van der Waals surface area contributed by atoms with Gasteiger partial charge in [0.1, 0.15) is 22.8 Å². The fourth-order valence-corrected chi connectivity index (χ4v) is 8.63. The first kappa shape index (κ1) is 36.8. The maximum atomic E-state index is 5.23. The highest BCUT2D eigenvalue weighted by atomic mass is 33.1. The molecular weight excluding hydrogens is 781 g/mol. The zero-order valence-corrected chi connectivity index (χ0v) is 33.4. The van der Waals surface area contributed by atoms with Gasteiger partial charge in [0.25, 0.3) is 0 Å². The molecule has 0 unspecified atom stereocenters. The summed E-state index contributed by atoms with van der Waals surface area (Å²) in [6, 6.07) is 63.8. The summed E-state index contributed by atoms with van der Waals surface area (Å²) in [6.45, 7) is 0. The second-order valence-electron chi connectivity index (χ2n) is 13.5. The highest BCUT2D eigenvalue weighted by molar-refractivity contribution is 8.76. The minimum Gasteiger partial charge on any atom is -0.222 e. The van der Waals surface area contributed by atoms with Crippen molar-refractivity contribution in [3.63, 3.8) is 0 Å². The van der Waals surface area contributed by atoms with Crippen LogP contribution in [0, 0.1) is 0 Å². The first-order valence-electron chi connectivity index (χ1n) is 19.1. The number of azo groups is 2. The van der Waals surface area contributed by atoms with Crippen LogP contribution in [0.3, 0.4) is 0 Å². The van der Waals surface area contributed by atoms with Crippen molar-refractivity contribution in [1.82, 2.24) is 29.2 Å². The molecule has 10 aromatic rings. The van der Waals surface area contributed by atoms with E-state index in [-0.39, 0.29) is 0 Å². The Morgan fingerprint density at radius 3 is 1.02 bits per heavy atom. The van der Waals surface area contributed by atoms with Gasteiger partial charge < -0.3 is 0 Å². The number of hydrogen-bond acceptors (Lipinski definition) is 10. The Bertz CT molecular complexity index is 2910. The monoisotopic (exact) mass is 812 g/mol. The molecule has 286 valence electrons. The molecule has 0 saturated heterocycles. The number of rotatable bonds is 11. The van der Waals surface area contributed by atoms with Gasteiger partial charge in [-0.2, -0.15) is 20.4 Å². The third-order valence-electron chi connectivity index (χ3n) is 9.60. The quantitative estimate of drug-likeness (QED) is 0.0731. The lowest BCUT2D eigenvalue weighted by atomic mass is 10.1. The van der Waals surface area contributed by atoms with E-state index >= 15 is 0 Å². The minimum atomic E-state index is 0.620. The van der Waals surface area contributed by atoms with Crippen LogP contribution < -0.4 is 0 Å². The number of aromatic nitrogens is 6. The average molecular weight is 813 g/mol. The highest BCUT2D eigenvalue weighted by Gasteiger charge is 2.23. The van der Waals surface area contributed by atoms with E-state index in [1.807, 2.05) is 179 Å². The SMILES string of the molecule is c1ccc(N=Nc2c(-c3ccccc3)nn3c(SSc4nc(-c5ccccc5)cc5c(N=Nc6ccccc6)c(-c6ccccc6)nn45)nc(-c4ccccc4)cc23)cc1. The Hall–Kier alpha value is -7.54. The molecule has 60 heavy (non-hydrogen) atoms. The fourth-order valence-electron chi connectivity index (χ4n) is 6.70. The van der Waals surface area contributed by atoms with Crippen molar-refractivity contribution >= 4 is 55.4 Å². The summed E-state index contributed by atoms with van der Waals surface area (Å²) < 4.78 is 3.70. The smallest absolute Gasteiger partial charge is 0.201 e. The van der Waals surface area contributed by atoms with Gasteiger partial charge in [0.05, 0.1) is 33.8 Å². The van der Waals surface area contributed by atoms with E-state index in [1.165, 1.54) is 21.6 Å². The van der Waals surface area contributed by atoms with Gasteiger partial charge in [-0.05, 0) is 58.0 Å². The molecule has 6 aromatic carbocycles. The summed E-state index contributed by atoms with van der Waals surface area (Å²) in [6.07, 6.45) is 0. The van der Waals surface area contributed by atoms with Crippen LogP contribution in [0.5, 0.6) is 0 Å². The molecule has 4 aromatic heterocycles. The molecule has 10 nitrogen and oxygen atoms in total. The normalized spacial score (nSPS) is 11.7. The topological polar surface area (TPSA) is 110 Å². The molecule has 0 aliphatic heterocycles. The molecule has 4 heterocycles. The number of benzene rings is 6. The van der Waals surface area contributed by atoms with Crippen LogP contribution in [0.15, 0.2) is 225 Å². The second-order valence-corrected chi connectivity index (χ2v) is 15.6. The van der Waals surface area contributed by atoms with Crippen LogP contribution in [-0.2, 0) is 0 Å². The Kier molecular flexibility index (Phi) is 10.3. The number of fused-ring (bicyclic) bond motifs is 2. The van der Waals surface area contributed by atoms with Crippen molar-refractivity contribution < 1.29 is 0 Å². The zero-order valence-electron chi connectivity index (χ0n) is 31.8. The van der Waals surface area contributed by atoms with Crippen LogP contribution in [-0.4, -0.2) is 29.2 Å². The van der Waals surface area contributed by atoms with Crippen LogP contribution >= 0.6 is 21.6 Å². The lowest BCUT2D eigenvalue weighted by Gasteiger charge is -2.09. The van der Waals surface area contributed by atoms with Crippen molar-refractivity contribution in [2.24, 2.45) is 20.5 Å². The van der Waals surface area contributed by atoms with Gasteiger partial charge in [-0.15, -0.1) is 10.2 Å². The van der Waals surface area contributed by atoms with Gasteiger partial charge in [-0.25, -0.2) is 19.0 Å². The summed E-state index contributed by atoms with van der Waals surface area (Å²) in [7, 11) is 2.88. The maximum absolute atomic E-state index is 5.23. The molecule has 0 bridgehead atoms. The van der Waals surface area contributed by atoms with E-state index in [9.17, 15) is 0 Å². The molecule has 0 N–H and O–H groups in total. The lowest BCUT2D eigenvalue weighted by Crippen LogP contribution is -2.00. The molecule has 0 saturated carbocycles. The highest BCUT2D eigenvalue weighted by Crippen LogP contribution is 2.44. The van der Waals surface area contributed by atoms with E-state index in [2.05, 4.69) is 34.5 Å². The zero-order chi connectivity index (χ0) is 40.1. The van der Waals surface area contributed by atoms with Gasteiger partial charge in [0, 0.05) is 22.3 Å². The van der Waals surface area contributed by atoms with Gasteiger partial charge in [-0.1, -0.05) is 158 Å². The van der Waals surface area contributed by atoms with E-state index in [0.717, 1.165) is 56.0 Å². The third kappa shape index (κ3) is 7.60. The molecule has 0 radical (unpaired) electrons. The molecule has 0 spiro atoms. The first-order valence-corrected chi connectivity index (χ1v) is 21.3. The standard InChI is InChI=1S/C48H32N10S2/c1-7-19-33(20-8-1)39-31-41-45(53-51-37-27-15-5-16-28-37)43(35-23-11-3-12-24-35)55-57(41)47(49-39)59-60-48-50-40(34-21-9-2-10-22-34)32-42-46(54-52-38-29-17-6-18-30-38)44(56-58(42)48)36-25-13-4-14-26-36/h1-32H. The van der Waals surface area contributed by atoms with E-state index in [0.29, 0.717) is 33.1 Å². The van der Waals surface area contributed by atoms with Crippen LogP contribution in [0.1, 0.15) is 0 Å². The van der Waals surface area contributed by atoms with E-state index in [1.54, 1.807) is 0 Å². The van der Waals surface area contributed by atoms with E-state index in [4.69, 9.17) is 30.4 Å². The molecule has 12 heteroatoms. The molecule has 0 fully saturated rings. The summed E-state index contributed by atoms with van der Waals surface area (Å²) in [4.78, 5) is 10.5. The second kappa shape index (κ2) is 16.7. The number of nitrogens with zero attached hydrogens (tertiary/aromatic N) is 10. The molecule has 0 amide bonds. The van der Waals surface area contributed by atoms with Gasteiger partial charge >= 0.3 is 0 Å². The summed E-state index contributed by atoms with van der Waals surface area (Å²) >= 11 is 0. The molecule has 0 aliphatic carbocycles. The summed E-state index contributed by atoms with van der Waals surface area (Å²) in [5, 5.41) is 30.6. The molecule has 0 atom stereocenters. The Balaban J connectivity index is 1.15. The van der Waals surface area contributed by atoms with Gasteiger partial charge in [-0.3, -0.25) is 0 Å². The Labute approximate surface area is 352 Å². The third-order valence-corrected chi connectivity index (χ3v) is 11.7. The largest absolute Gasteiger partial charge is 0.222 e. The van der Waals surface area contributed by atoms with Crippen molar-refractivity contribution in [3.05, 3.63) is 194 Å². The predicted octanol–water partition coefficient (Wildman–Crippen LogP) is 14.1. The Morgan fingerprint density at radius 2 is 0.667 bits per heavy atom.